The van der Waals surface area contributed by atoms with E-state index in [1.54, 1.807) is 31.2 Å². The molecule has 0 aliphatic rings. The van der Waals surface area contributed by atoms with Crippen molar-refractivity contribution < 1.29 is 4.39 Å². The van der Waals surface area contributed by atoms with E-state index in [4.69, 9.17) is 15.8 Å². The lowest BCUT2D eigenvalue weighted by atomic mass is 10.2. The van der Waals surface area contributed by atoms with Gasteiger partial charge in [-0.2, -0.15) is 15.8 Å². The summed E-state index contributed by atoms with van der Waals surface area (Å²) in [5, 5.41) is 28.8. The van der Waals surface area contributed by atoms with Crippen molar-refractivity contribution in [2.45, 2.75) is 6.92 Å². The summed E-state index contributed by atoms with van der Waals surface area (Å²) in [5.74, 6) is -0.495. The number of nitrogens with one attached hydrogen (secondary N) is 1. The summed E-state index contributed by atoms with van der Waals surface area (Å²) in [6, 6.07) is 7.81. The smallest absolute Gasteiger partial charge is 0.163 e. The van der Waals surface area contributed by atoms with Gasteiger partial charge in [0.05, 0.1) is 10.2 Å². The molecule has 6 heteroatoms. The van der Waals surface area contributed by atoms with Crippen LogP contribution in [0.25, 0.3) is 0 Å². The fraction of sp³-hybridized carbons (Fsp3) is 0.0833. The Morgan fingerprint density at radius 3 is 2.33 bits per heavy atom. The van der Waals surface area contributed by atoms with Crippen LogP contribution in [-0.4, -0.2) is 0 Å². The maximum Gasteiger partial charge on any atom is 0.163 e. The van der Waals surface area contributed by atoms with Crippen LogP contribution in [0.1, 0.15) is 5.56 Å². The third kappa shape index (κ3) is 2.85. The highest BCUT2D eigenvalue weighted by molar-refractivity contribution is 9.10. The van der Waals surface area contributed by atoms with Gasteiger partial charge in [0.25, 0.3) is 0 Å². The number of rotatable bonds is 2. The molecule has 0 unspecified atom stereocenters. The molecular weight excluding hydrogens is 299 g/mol. The quantitative estimate of drug-likeness (QED) is 0.851. The molecule has 0 aliphatic heterocycles. The molecule has 1 N–H and O–H groups in total. The van der Waals surface area contributed by atoms with E-state index in [1.807, 2.05) is 0 Å². The van der Waals surface area contributed by atoms with E-state index in [0.717, 1.165) is 0 Å². The highest BCUT2D eigenvalue weighted by atomic mass is 79.9. The largest absolute Gasteiger partial charge is 0.344 e. The number of anilines is 1. The third-order valence-electron chi connectivity index (χ3n) is 2.02. The average Bonchev–Trinajstić information content (AvgIpc) is 2.35. The predicted molar refractivity (Wildman–Crippen MR) is 66.3 cm³/mol. The second-order valence-corrected chi connectivity index (χ2v) is 4.11. The molecular formula is C12H6BrFN4. The van der Waals surface area contributed by atoms with Gasteiger partial charge < -0.3 is 5.32 Å². The SMILES string of the molecule is Cc1cc(F)c(Br)c(NC(C#N)=C(C#N)C#N)c1. The summed E-state index contributed by atoms with van der Waals surface area (Å²) in [7, 11) is 0. The van der Waals surface area contributed by atoms with Crippen molar-refractivity contribution in [2.24, 2.45) is 0 Å². The fourth-order valence-corrected chi connectivity index (χ4v) is 1.56. The van der Waals surface area contributed by atoms with Crippen LogP contribution in [-0.2, 0) is 0 Å². The number of allylic oxidation sites excluding steroid dienone is 2. The number of hydrogen-bond donors (Lipinski definition) is 1. The number of aryl methyl sites for hydroxylation is 1. The van der Waals surface area contributed by atoms with Crippen molar-refractivity contribution in [1.82, 2.24) is 0 Å². The second-order valence-electron chi connectivity index (χ2n) is 3.32. The minimum absolute atomic E-state index is 0.135. The molecule has 0 saturated carbocycles. The summed E-state index contributed by atoms with van der Waals surface area (Å²) >= 11 is 3.03. The maximum atomic E-state index is 13.4. The van der Waals surface area contributed by atoms with E-state index >= 15 is 0 Å². The van der Waals surface area contributed by atoms with E-state index in [9.17, 15) is 4.39 Å². The van der Waals surface area contributed by atoms with Gasteiger partial charge in [-0.3, -0.25) is 0 Å². The lowest BCUT2D eigenvalue weighted by molar-refractivity contribution is 0.620. The molecule has 1 aromatic carbocycles. The minimum atomic E-state index is -0.495. The molecule has 0 amide bonds. The number of nitrogens with zero attached hydrogens (tertiary/aromatic N) is 3. The summed E-state index contributed by atoms with van der Waals surface area (Å²) in [6.45, 7) is 1.69. The van der Waals surface area contributed by atoms with E-state index in [0.29, 0.717) is 5.56 Å². The molecule has 1 rings (SSSR count). The van der Waals surface area contributed by atoms with Crippen molar-refractivity contribution in [3.05, 3.63) is 39.3 Å². The van der Waals surface area contributed by atoms with Gasteiger partial charge in [-0.25, -0.2) is 4.39 Å². The summed E-state index contributed by atoms with van der Waals surface area (Å²) in [5.41, 5.74) is 0.356. The molecule has 4 nitrogen and oxygen atoms in total. The highest BCUT2D eigenvalue weighted by Crippen LogP contribution is 2.28. The lowest BCUT2D eigenvalue weighted by Crippen LogP contribution is -2.02. The second kappa shape index (κ2) is 5.82. The van der Waals surface area contributed by atoms with Crippen LogP contribution in [0.5, 0.6) is 0 Å². The number of benzene rings is 1. The molecule has 0 radical (unpaired) electrons. The standard InChI is InChI=1S/C12H6BrFN4/c1-7-2-9(14)12(13)10(3-7)18-11(6-17)8(4-15)5-16/h2-3,18H,1H3. The number of hydrogen-bond acceptors (Lipinski definition) is 4. The summed E-state index contributed by atoms with van der Waals surface area (Å²) in [6.07, 6.45) is 0. The monoisotopic (exact) mass is 304 g/mol. The van der Waals surface area contributed by atoms with Crippen LogP contribution in [0.3, 0.4) is 0 Å². The van der Waals surface area contributed by atoms with Crippen molar-refractivity contribution in [3.8, 4) is 18.2 Å². The normalized spacial score (nSPS) is 8.67. The van der Waals surface area contributed by atoms with Crippen molar-refractivity contribution in [3.63, 3.8) is 0 Å². The summed E-state index contributed by atoms with van der Waals surface area (Å²) < 4.78 is 13.6. The molecule has 18 heavy (non-hydrogen) atoms. The van der Waals surface area contributed by atoms with Gasteiger partial charge in [0.1, 0.15) is 29.7 Å². The molecule has 0 heterocycles. The zero-order valence-electron chi connectivity index (χ0n) is 9.25. The molecule has 1 aromatic rings. The molecule has 0 aliphatic carbocycles. The van der Waals surface area contributed by atoms with Gasteiger partial charge in [-0.15, -0.1) is 0 Å². The maximum absolute atomic E-state index is 13.4. The van der Waals surface area contributed by atoms with Gasteiger partial charge in [0.15, 0.2) is 5.57 Å². The fourth-order valence-electron chi connectivity index (χ4n) is 1.23. The predicted octanol–water partition coefficient (Wildman–Crippen LogP) is 3.13. The Bertz CT molecular complexity index is 628. The van der Waals surface area contributed by atoms with Crippen molar-refractivity contribution in [2.75, 3.05) is 5.32 Å². The Kier molecular flexibility index (Phi) is 4.43. The molecule has 0 saturated heterocycles. The highest BCUT2D eigenvalue weighted by Gasteiger charge is 2.11. The van der Waals surface area contributed by atoms with Gasteiger partial charge >= 0.3 is 0 Å². The number of halogens is 2. The van der Waals surface area contributed by atoms with Gasteiger partial charge in [0.2, 0.25) is 0 Å². The average molecular weight is 305 g/mol. The Labute approximate surface area is 112 Å². The van der Waals surface area contributed by atoms with E-state index in [2.05, 4.69) is 21.2 Å². The zero-order valence-corrected chi connectivity index (χ0v) is 10.8. The first kappa shape index (κ1) is 13.7. The van der Waals surface area contributed by atoms with Crippen LogP contribution >= 0.6 is 15.9 Å². The molecule has 0 spiro atoms. The van der Waals surface area contributed by atoms with Crippen LogP contribution in [0.4, 0.5) is 10.1 Å². The third-order valence-corrected chi connectivity index (χ3v) is 2.82. The van der Waals surface area contributed by atoms with Gasteiger partial charge in [0, 0.05) is 0 Å². The first-order valence-electron chi connectivity index (χ1n) is 4.70. The van der Waals surface area contributed by atoms with Gasteiger partial charge in [-0.05, 0) is 40.5 Å². The van der Waals surface area contributed by atoms with Crippen LogP contribution in [0, 0.1) is 46.7 Å². The molecule has 0 fully saturated rings. The first-order valence-corrected chi connectivity index (χ1v) is 5.50. The van der Waals surface area contributed by atoms with Crippen molar-refractivity contribution >= 4 is 21.6 Å². The molecule has 88 valence electrons. The van der Waals surface area contributed by atoms with Crippen LogP contribution in [0.2, 0.25) is 0 Å². The Balaban J connectivity index is 3.30. The zero-order chi connectivity index (χ0) is 13.7. The molecule has 0 atom stereocenters. The lowest BCUT2D eigenvalue weighted by Gasteiger charge is -2.09. The van der Waals surface area contributed by atoms with Gasteiger partial charge in [-0.1, -0.05) is 0 Å². The minimum Gasteiger partial charge on any atom is -0.344 e. The van der Waals surface area contributed by atoms with E-state index < -0.39 is 5.82 Å². The van der Waals surface area contributed by atoms with Crippen LogP contribution in [0.15, 0.2) is 27.9 Å². The Hall–Kier alpha value is -2.36. The van der Waals surface area contributed by atoms with E-state index in [-0.39, 0.29) is 21.4 Å². The number of nitriles is 3. The molecule has 0 bridgehead atoms. The first-order chi connectivity index (χ1) is 8.53. The Morgan fingerprint density at radius 2 is 1.83 bits per heavy atom. The van der Waals surface area contributed by atoms with E-state index in [1.165, 1.54) is 6.07 Å². The summed E-state index contributed by atoms with van der Waals surface area (Å²) in [4.78, 5) is 0. The topological polar surface area (TPSA) is 83.4 Å². The van der Waals surface area contributed by atoms with Crippen LogP contribution < -0.4 is 5.32 Å². The van der Waals surface area contributed by atoms with Crippen molar-refractivity contribution in [1.29, 1.82) is 15.8 Å². The molecule has 0 aromatic heterocycles. The Morgan fingerprint density at radius 1 is 1.22 bits per heavy atom.